The molecule has 0 saturated carbocycles. The first kappa shape index (κ1) is 18.7. The maximum atomic E-state index is 12.3. The van der Waals surface area contributed by atoms with Gasteiger partial charge in [0, 0.05) is 25.0 Å². The molecule has 2 heterocycles. The van der Waals surface area contributed by atoms with Crippen molar-refractivity contribution in [3.8, 4) is 0 Å². The summed E-state index contributed by atoms with van der Waals surface area (Å²) in [4.78, 5) is 17.0. The van der Waals surface area contributed by atoms with E-state index in [1.807, 2.05) is 0 Å². The van der Waals surface area contributed by atoms with Crippen molar-refractivity contribution >= 4 is 5.91 Å². The number of hydrogen-bond donors (Lipinski definition) is 2. The number of amides is 1. The fraction of sp³-hybridized carbons (Fsp3) is 0.944. The third-order valence-corrected chi connectivity index (χ3v) is 5.49. The summed E-state index contributed by atoms with van der Waals surface area (Å²) in [5, 5.41) is 13.1. The fourth-order valence-electron chi connectivity index (χ4n) is 3.65. The van der Waals surface area contributed by atoms with Crippen LogP contribution >= 0.6 is 0 Å². The van der Waals surface area contributed by atoms with E-state index in [4.69, 9.17) is 0 Å². The van der Waals surface area contributed by atoms with Crippen molar-refractivity contribution in [3.63, 3.8) is 0 Å². The first-order chi connectivity index (χ1) is 11.0. The number of piperidine rings is 2. The minimum Gasteiger partial charge on any atom is -0.390 e. The molecule has 1 atom stereocenters. The molecule has 0 radical (unpaired) electrons. The van der Waals surface area contributed by atoms with E-state index in [1.54, 1.807) is 0 Å². The Morgan fingerprint density at radius 3 is 2.30 bits per heavy atom. The monoisotopic (exact) mass is 325 g/mol. The predicted octanol–water partition coefficient (Wildman–Crippen LogP) is 1.32. The summed E-state index contributed by atoms with van der Waals surface area (Å²) in [7, 11) is 0. The molecule has 2 aliphatic heterocycles. The quantitative estimate of drug-likeness (QED) is 0.773. The second-order valence-corrected chi connectivity index (χ2v) is 7.79. The van der Waals surface area contributed by atoms with E-state index in [1.165, 1.54) is 12.8 Å². The van der Waals surface area contributed by atoms with Crippen LogP contribution in [0.1, 0.15) is 46.5 Å². The van der Waals surface area contributed by atoms with Gasteiger partial charge in [0.2, 0.25) is 5.91 Å². The topological polar surface area (TPSA) is 55.8 Å². The van der Waals surface area contributed by atoms with Gasteiger partial charge in [0.25, 0.3) is 0 Å². The molecule has 2 saturated heterocycles. The molecule has 0 aromatic carbocycles. The second-order valence-electron chi connectivity index (χ2n) is 7.79. The van der Waals surface area contributed by atoms with Gasteiger partial charge in [-0.2, -0.15) is 0 Å². The van der Waals surface area contributed by atoms with E-state index in [9.17, 15) is 9.90 Å². The number of aliphatic hydroxyl groups excluding tert-OH is 1. The van der Waals surface area contributed by atoms with E-state index >= 15 is 0 Å². The van der Waals surface area contributed by atoms with Gasteiger partial charge in [0.15, 0.2) is 0 Å². The van der Waals surface area contributed by atoms with Crippen LogP contribution in [0.5, 0.6) is 0 Å². The highest BCUT2D eigenvalue weighted by Crippen LogP contribution is 2.19. The van der Waals surface area contributed by atoms with Crippen molar-refractivity contribution in [1.29, 1.82) is 0 Å². The van der Waals surface area contributed by atoms with Crippen LogP contribution in [-0.2, 0) is 4.79 Å². The number of rotatable bonds is 6. The second kappa shape index (κ2) is 9.00. The van der Waals surface area contributed by atoms with Gasteiger partial charge in [-0.05, 0) is 71.6 Å². The van der Waals surface area contributed by atoms with Crippen LogP contribution in [0, 0.1) is 11.8 Å². The van der Waals surface area contributed by atoms with E-state index in [0.717, 1.165) is 44.9 Å². The minimum absolute atomic E-state index is 0.119. The SMILES string of the molecule is CC1CCN(CC(O)CNC(=O)C2CCN(C(C)C)CC2)CC1. The van der Waals surface area contributed by atoms with Gasteiger partial charge in [-0.25, -0.2) is 0 Å². The van der Waals surface area contributed by atoms with Crippen molar-refractivity contribution < 1.29 is 9.90 Å². The van der Waals surface area contributed by atoms with Crippen molar-refractivity contribution in [3.05, 3.63) is 0 Å². The number of nitrogens with zero attached hydrogens (tertiary/aromatic N) is 2. The van der Waals surface area contributed by atoms with Crippen LogP contribution in [0.4, 0.5) is 0 Å². The van der Waals surface area contributed by atoms with Crippen molar-refractivity contribution in [1.82, 2.24) is 15.1 Å². The molecule has 2 fully saturated rings. The standard InChI is InChI=1S/C18H35N3O2/c1-14(2)21-10-6-16(7-11-21)18(23)19-12-17(22)13-20-8-4-15(3)5-9-20/h14-17,22H,4-13H2,1-3H3,(H,19,23). The Balaban J connectivity index is 1.62. The molecule has 5 heteroatoms. The highest BCUT2D eigenvalue weighted by atomic mass is 16.3. The lowest BCUT2D eigenvalue weighted by molar-refractivity contribution is -0.127. The van der Waals surface area contributed by atoms with Gasteiger partial charge in [0.1, 0.15) is 0 Å². The third-order valence-electron chi connectivity index (χ3n) is 5.49. The Morgan fingerprint density at radius 1 is 1.13 bits per heavy atom. The summed E-state index contributed by atoms with van der Waals surface area (Å²) in [6.45, 7) is 11.9. The number of hydrogen-bond acceptors (Lipinski definition) is 4. The first-order valence-electron chi connectivity index (χ1n) is 9.38. The lowest BCUT2D eigenvalue weighted by Crippen LogP contribution is -2.46. The minimum atomic E-state index is -0.455. The summed E-state index contributed by atoms with van der Waals surface area (Å²) < 4.78 is 0. The third kappa shape index (κ3) is 6.05. The molecule has 23 heavy (non-hydrogen) atoms. The molecule has 5 nitrogen and oxygen atoms in total. The summed E-state index contributed by atoms with van der Waals surface area (Å²) in [6, 6.07) is 0.563. The van der Waals surface area contributed by atoms with Crippen LogP contribution in [0.3, 0.4) is 0 Å². The van der Waals surface area contributed by atoms with Crippen LogP contribution in [-0.4, -0.2) is 72.2 Å². The highest BCUT2D eigenvalue weighted by Gasteiger charge is 2.26. The van der Waals surface area contributed by atoms with E-state index in [0.29, 0.717) is 19.1 Å². The molecule has 2 rings (SSSR count). The number of nitrogens with one attached hydrogen (secondary N) is 1. The molecular formula is C18H35N3O2. The van der Waals surface area contributed by atoms with Crippen molar-refractivity contribution in [2.45, 2.75) is 58.6 Å². The number of carbonyl (C=O) groups is 1. The van der Waals surface area contributed by atoms with Gasteiger partial charge >= 0.3 is 0 Å². The zero-order valence-electron chi connectivity index (χ0n) is 15.1. The Hall–Kier alpha value is -0.650. The fourth-order valence-corrected chi connectivity index (χ4v) is 3.65. The maximum absolute atomic E-state index is 12.3. The Morgan fingerprint density at radius 2 is 1.74 bits per heavy atom. The smallest absolute Gasteiger partial charge is 0.223 e. The molecule has 1 amide bonds. The number of β-amino-alcohol motifs (C(OH)–C–C–N with tert-alkyl or cyclic N) is 1. The Labute approximate surface area is 141 Å². The average Bonchev–Trinajstić information content (AvgIpc) is 2.55. The molecule has 2 N–H and O–H groups in total. The number of aliphatic hydroxyl groups is 1. The number of carbonyl (C=O) groups excluding carboxylic acids is 1. The highest BCUT2D eigenvalue weighted by molar-refractivity contribution is 5.78. The normalized spacial score (nSPS) is 24.0. The Bertz CT molecular complexity index is 359. The average molecular weight is 325 g/mol. The molecule has 1 unspecified atom stereocenters. The zero-order valence-corrected chi connectivity index (χ0v) is 15.1. The van der Waals surface area contributed by atoms with E-state index < -0.39 is 6.10 Å². The molecule has 0 spiro atoms. The molecule has 2 aliphatic rings. The van der Waals surface area contributed by atoms with Crippen molar-refractivity contribution in [2.24, 2.45) is 11.8 Å². The molecule has 0 aliphatic carbocycles. The Kier molecular flexibility index (Phi) is 7.31. The summed E-state index contributed by atoms with van der Waals surface area (Å²) in [6.07, 6.45) is 3.85. The van der Waals surface area contributed by atoms with E-state index in [2.05, 4.69) is 35.9 Å². The number of likely N-dealkylation sites (tertiary alicyclic amines) is 2. The molecule has 134 valence electrons. The van der Waals surface area contributed by atoms with Crippen LogP contribution in [0.2, 0.25) is 0 Å². The molecule has 0 aromatic rings. The van der Waals surface area contributed by atoms with E-state index in [-0.39, 0.29) is 11.8 Å². The van der Waals surface area contributed by atoms with Crippen molar-refractivity contribution in [2.75, 3.05) is 39.3 Å². The lowest BCUT2D eigenvalue weighted by atomic mass is 9.95. The van der Waals surface area contributed by atoms with Crippen LogP contribution in [0.25, 0.3) is 0 Å². The summed E-state index contributed by atoms with van der Waals surface area (Å²) >= 11 is 0. The van der Waals surface area contributed by atoms with Gasteiger partial charge < -0.3 is 20.2 Å². The van der Waals surface area contributed by atoms with Crippen LogP contribution in [0.15, 0.2) is 0 Å². The molecular weight excluding hydrogens is 290 g/mol. The predicted molar refractivity (Wildman–Crippen MR) is 93.3 cm³/mol. The summed E-state index contributed by atoms with van der Waals surface area (Å²) in [5.74, 6) is 1.05. The first-order valence-corrected chi connectivity index (χ1v) is 9.38. The van der Waals surface area contributed by atoms with Gasteiger partial charge in [-0.15, -0.1) is 0 Å². The zero-order chi connectivity index (χ0) is 16.8. The summed E-state index contributed by atoms with van der Waals surface area (Å²) in [5.41, 5.74) is 0. The van der Waals surface area contributed by atoms with Gasteiger partial charge in [-0.3, -0.25) is 4.79 Å². The largest absolute Gasteiger partial charge is 0.390 e. The van der Waals surface area contributed by atoms with Gasteiger partial charge in [-0.1, -0.05) is 6.92 Å². The molecule has 0 aromatic heterocycles. The van der Waals surface area contributed by atoms with Crippen LogP contribution < -0.4 is 5.32 Å². The molecule has 0 bridgehead atoms. The lowest BCUT2D eigenvalue weighted by Gasteiger charge is -2.34. The maximum Gasteiger partial charge on any atom is 0.223 e. The van der Waals surface area contributed by atoms with Gasteiger partial charge in [0.05, 0.1) is 6.10 Å².